The van der Waals surface area contributed by atoms with Gasteiger partial charge in [-0.05, 0) is 31.0 Å². The molecule has 0 atom stereocenters. The topological polar surface area (TPSA) is 116 Å². The lowest BCUT2D eigenvalue weighted by Crippen LogP contribution is -2.38. The van der Waals surface area contributed by atoms with Crippen LogP contribution in [-0.2, 0) is 13.8 Å². The zero-order valence-electron chi connectivity index (χ0n) is 10.8. The van der Waals surface area contributed by atoms with E-state index < -0.39 is 27.6 Å². The number of nitrogens with one attached hydrogen (secondary N) is 1. The van der Waals surface area contributed by atoms with E-state index in [0.29, 0.717) is 11.1 Å². The number of nitrogens with two attached hydrogens (primary N) is 1. The fourth-order valence-electron chi connectivity index (χ4n) is 1.59. The van der Waals surface area contributed by atoms with Crippen LogP contribution in [0.1, 0.15) is 11.1 Å². The van der Waals surface area contributed by atoms with Crippen molar-refractivity contribution < 1.29 is 22.7 Å². The predicted octanol–water partition coefficient (Wildman–Crippen LogP) is 0.805. The zero-order valence-corrected chi connectivity index (χ0v) is 12.3. The number of amides is 3. The van der Waals surface area contributed by atoms with Crippen LogP contribution < -0.4 is 15.8 Å². The van der Waals surface area contributed by atoms with E-state index in [0.717, 1.165) is 0 Å². The van der Waals surface area contributed by atoms with Crippen LogP contribution in [0, 0.1) is 13.8 Å². The van der Waals surface area contributed by atoms with Gasteiger partial charge in [0.1, 0.15) is 10.6 Å². The molecule has 0 unspecified atom stereocenters. The van der Waals surface area contributed by atoms with Gasteiger partial charge < -0.3 is 10.5 Å². The predicted molar refractivity (Wildman–Crippen MR) is 72.2 cm³/mol. The van der Waals surface area contributed by atoms with Crippen molar-refractivity contribution in [3.63, 3.8) is 0 Å². The van der Waals surface area contributed by atoms with Crippen LogP contribution in [0.4, 0.5) is 4.79 Å². The molecular formula is C11H13ClN2O5S. The summed E-state index contributed by atoms with van der Waals surface area (Å²) in [6, 6.07) is 1.98. The van der Waals surface area contributed by atoms with Crippen LogP contribution >= 0.6 is 10.7 Å². The molecule has 1 aromatic carbocycles. The normalized spacial score (nSPS) is 10.9. The van der Waals surface area contributed by atoms with Crippen LogP contribution in [-0.4, -0.2) is 27.0 Å². The van der Waals surface area contributed by atoms with Crippen molar-refractivity contribution in [2.75, 3.05) is 6.61 Å². The first-order valence-electron chi connectivity index (χ1n) is 5.39. The lowest BCUT2D eigenvalue weighted by atomic mass is 10.1. The summed E-state index contributed by atoms with van der Waals surface area (Å²) < 4.78 is 28.1. The van der Waals surface area contributed by atoms with Crippen molar-refractivity contribution in [3.8, 4) is 5.75 Å². The highest BCUT2D eigenvalue weighted by Crippen LogP contribution is 2.31. The first-order chi connectivity index (χ1) is 9.11. The average molecular weight is 321 g/mol. The lowest BCUT2D eigenvalue weighted by molar-refractivity contribution is -0.122. The molecule has 0 saturated carbocycles. The van der Waals surface area contributed by atoms with E-state index in [4.69, 9.17) is 21.2 Å². The van der Waals surface area contributed by atoms with E-state index in [1.165, 1.54) is 6.07 Å². The number of primary amides is 1. The number of carbonyl (C=O) groups is 2. The summed E-state index contributed by atoms with van der Waals surface area (Å²) >= 11 is 0. The number of benzene rings is 1. The number of imide groups is 1. The fourth-order valence-corrected chi connectivity index (χ4v) is 2.70. The molecule has 0 fully saturated rings. The van der Waals surface area contributed by atoms with Crippen LogP contribution in [0.25, 0.3) is 0 Å². The van der Waals surface area contributed by atoms with Gasteiger partial charge in [-0.15, -0.1) is 0 Å². The molecule has 1 rings (SSSR count). The number of aryl methyl sites for hydroxylation is 2. The van der Waals surface area contributed by atoms with Gasteiger partial charge in [0.05, 0.1) is 0 Å². The van der Waals surface area contributed by atoms with Gasteiger partial charge in [-0.25, -0.2) is 13.2 Å². The number of halogens is 1. The summed E-state index contributed by atoms with van der Waals surface area (Å²) in [5.74, 6) is -0.833. The Morgan fingerprint density at radius 2 is 1.95 bits per heavy atom. The Morgan fingerprint density at radius 3 is 2.45 bits per heavy atom. The highest BCUT2D eigenvalue weighted by molar-refractivity contribution is 8.13. The molecule has 0 spiro atoms. The van der Waals surface area contributed by atoms with Gasteiger partial charge in [0.15, 0.2) is 6.61 Å². The van der Waals surface area contributed by atoms with Crippen molar-refractivity contribution in [1.29, 1.82) is 0 Å². The number of urea groups is 1. The molecular weight excluding hydrogens is 308 g/mol. The molecule has 0 radical (unpaired) electrons. The molecule has 0 aliphatic rings. The van der Waals surface area contributed by atoms with E-state index in [1.54, 1.807) is 25.2 Å². The van der Waals surface area contributed by atoms with Gasteiger partial charge in [0.25, 0.3) is 15.0 Å². The summed E-state index contributed by atoms with van der Waals surface area (Å²) in [6.07, 6.45) is 0. The van der Waals surface area contributed by atoms with Crippen molar-refractivity contribution in [1.82, 2.24) is 5.32 Å². The first-order valence-corrected chi connectivity index (χ1v) is 7.70. The maximum absolute atomic E-state index is 11.5. The maximum atomic E-state index is 11.5. The Kier molecular flexibility index (Phi) is 4.96. The van der Waals surface area contributed by atoms with Gasteiger partial charge in [-0.1, -0.05) is 6.07 Å². The Balaban J connectivity index is 3.06. The number of hydrogen-bond donors (Lipinski definition) is 2. The first kappa shape index (κ1) is 16.3. The highest BCUT2D eigenvalue weighted by Gasteiger charge is 2.20. The second kappa shape index (κ2) is 6.10. The van der Waals surface area contributed by atoms with Crippen molar-refractivity contribution >= 4 is 31.7 Å². The summed E-state index contributed by atoms with van der Waals surface area (Å²) in [6.45, 7) is 2.74. The second-order valence-electron chi connectivity index (χ2n) is 4.05. The zero-order chi connectivity index (χ0) is 15.5. The van der Waals surface area contributed by atoms with Crippen LogP contribution in [0.3, 0.4) is 0 Å². The summed E-state index contributed by atoms with van der Waals surface area (Å²) in [5.41, 5.74) is 5.94. The van der Waals surface area contributed by atoms with E-state index >= 15 is 0 Å². The van der Waals surface area contributed by atoms with Crippen LogP contribution in [0.2, 0.25) is 0 Å². The molecule has 9 heteroatoms. The molecule has 0 aliphatic heterocycles. The molecule has 0 saturated heterocycles. The van der Waals surface area contributed by atoms with E-state index in [2.05, 4.69) is 0 Å². The molecule has 20 heavy (non-hydrogen) atoms. The molecule has 3 amide bonds. The standard InChI is InChI=1S/C11H13ClN2O5S/c1-6-3-7(2)10(8(4-6)20(12,17)18)19-5-9(15)14-11(13)16/h3-4H,5H2,1-2H3,(H3,13,14,15,16). The Bertz CT molecular complexity index is 657. The molecule has 110 valence electrons. The van der Waals surface area contributed by atoms with Crippen LogP contribution in [0.15, 0.2) is 17.0 Å². The number of ether oxygens (including phenoxy) is 1. The third-order valence-electron chi connectivity index (χ3n) is 2.26. The third kappa shape index (κ3) is 4.39. The molecule has 3 N–H and O–H groups in total. The maximum Gasteiger partial charge on any atom is 0.318 e. The minimum atomic E-state index is -4.03. The SMILES string of the molecule is Cc1cc(C)c(OCC(=O)NC(N)=O)c(S(=O)(=O)Cl)c1. The van der Waals surface area contributed by atoms with E-state index in [9.17, 15) is 18.0 Å². The Morgan fingerprint density at radius 1 is 1.35 bits per heavy atom. The van der Waals surface area contributed by atoms with Gasteiger partial charge >= 0.3 is 6.03 Å². The number of hydrogen-bond acceptors (Lipinski definition) is 5. The third-order valence-corrected chi connectivity index (χ3v) is 3.59. The smallest absolute Gasteiger partial charge is 0.318 e. The monoisotopic (exact) mass is 320 g/mol. The molecule has 1 aromatic rings. The fraction of sp³-hybridized carbons (Fsp3) is 0.273. The molecule has 0 heterocycles. The van der Waals surface area contributed by atoms with Crippen molar-refractivity contribution in [2.45, 2.75) is 18.7 Å². The van der Waals surface area contributed by atoms with Crippen molar-refractivity contribution in [3.05, 3.63) is 23.3 Å². The average Bonchev–Trinajstić information content (AvgIpc) is 2.24. The van der Waals surface area contributed by atoms with Crippen LogP contribution in [0.5, 0.6) is 5.75 Å². The highest BCUT2D eigenvalue weighted by atomic mass is 35.7. The largest absolute Gasteiger partial charge is 0.482 e. The Hall–Kier alpha value is -1.80. The van der Waals surface area contributed by atoms with Gasteiger partial charge in [0.2, 0.25) is 0 Å². The minimum Gasteiger partial charge on any atom is -0.482 e. The number of carbonyl (C=O) groups excluding carboxylic acids is 2. The van der Waals surface area contributed by atoms with E-state index in [-0.39, 0.29) is 10.6 Å². The Labute approximate surface area is 120 Å². The molecule has 0 aliphatic carbocycles. The van der Waals surface area contributed by atoms with Gasteiger partial charge in [-0.2, -0.15) is 0 Å². The lowest BCUT2D eigenvalue weighted by Gasteiger charge is -2.13. The summed E-state index contributed by atoms with van der Waals surface area (Å²) in [4.78, 5) is 21.5. The quantitative estimate of drug-likeness (QED) is 0.796. The number of rotatable bonds is 4. The van der Waals surface area contributed by atoms with Crippen molar-refractivity contribution in [2.24, 2.45) is 5.73 Å². The van der Waals surface area contributed by atoms with Gasteiger partial charge in [-0.3, -0.25) is 10.1 Å². The molecule has 0 aromatic heterocycles. The minimum absolute atomic E-state index is 0.0368. The summed E-state index contributed by atoms with van der Waals surface area (Å²) in [5, 5.41) is 1.79. The van der Waals surface area contributed by atoms with Gasteiger partial charge in [0, 0.05) is 10.7 Å². The molecule has 7 nitrogen and oxygen atoms in total. The van der Waals surface area contributed by atoms with E-state index in [1.807, 2.05) is 0 Å². The second-order valence-corrected chi connectivity index (χ2v) is 6.58. The summed E-state index contributed by atoms with van der Waals surface area (Å²) in [7, 11) is 1.30. The molecule has 0 bridgehead atoms.